The molecule has 0 unspecified atom stereocenters. The first kappa shape index (κ1) is 12.1. The van der Waals surface area contributed by atoms with Gasteiger partial charge in [-0.3, -0.25) is 0 Å². The number of hydrogen-bond donors (Lipinski definition) is 1. The molecule has 1 aromatic rings. The molecule has 1 aromatic carbocycles. The summed E-state index contributed by atoms with van der Waals surface area (Å²) < 4.78 is 30.6. The summed E-state index contributed by atoms with van der Waals surface area (Å²) in [6.45, 7) is 1.79. The van der Waals surface area contributed by atoms with Gasteiger partial charge in [-0.25, -0.2) is 8.42 Å². The van der Waals surface area contributed by atoms with Crippen molar-refractivity contribution in [3.8, 4) is 0 Å². The fraction of sp³-hybridized carbons (Fsp3) is 0.538. The largest absolute Gasteiger partial charge is 0.393 e. The van der Waals surface area contributed by atoms with Gasteiger partial charge in [0, 0.05) is 12.3 Å². The van der Waals surface area contributed by atoms with Crippen LogP contribution in [0.4, 0.5) is 0 Å². The summed E-state index contributed by atoms with van der Waals surface area (Å²) in [5.74, 6) is -0.293. The van der Waals surface area contributed by atoms with Crippen LogP contribution in [0.25, 0.3) is 0 Å². The maximum Gasteiger partial charge on any atom is 0.184 e. The van der Waals surface area contributed by atoms with Gasteiger partial charge in [0.2, 0.25) is 0 Å². The Morgan fingerprint density at radius 3 is 2.61 bits per heavy atom. The van der Waals surface area contributed by atoms with Crippen LogP contribution in [-0.4, -0.2) is 37.1 Å². The fourth-order valence-corrected chi connectivity index (χ4v) is 5.02. The van der Waals surface area contributed by atoms with Gasteiger partial charge in [0.15, 0.2) is 9.84 Å². The Bertz CT molecular complexity index is 539. The molecule has 5 atom stereocenters. The van der Waals surface area contributed by atoms with Gasteiger partial charge in [-0.15, -0.1) is 0 Å². The van der Waals surface area contributed by atoms with E-state index in [0.29, 0.717) is 11.3 Å². The van der Waals surface area contributed by atoms with Crippen LogP contribution in [0.3, 0.4) is 0 Å². The molecular weight excluding hydrogens is 252 g/mol. The van der Waals surface area contributed by atoms with E-state index in [0.717, 1.165) is 0 Å². The zero-order valence-corrected chi connectivity index (χ0v) is 10.9. The molecule has 0 bridgehead atoms. The minimum absolute atomic E-state index is 0.0836. The van der Waals surface area contributed by atoms with Crippen molar-refractivity contribution >= 4 is 9.84 Å². The smallest absolute Gasteiger partial charge is 0.184 e. The third-order valence-electron chi connectivity index (χ3n) is 3.97. The van der Waals surface area contributed by atoms with E-state index in [-0.39, 0.29) is 18.1 Å². The molecule has 98 valence electrons. The van der Waals surface area contributed by atoms with Crippen molar-refractivity contribution < 1.29 is 18.3 Å². The van der Waals surface area contributed by atoms with Crippen LogP contribution in [-0.2, 0) is 14.6 Å². The minimum atomic E-state index is -3.44. The Hall–Kier alpha value is -0.910. The Balaban J connectivity index is 1.99. The molecule has 0 spiro atoms. The zero-order valence-electron chi connectivity index (χ0n) is 10.1. The Morgan fingerprint density at radius 1 is 1.28 bits per heavy atom. The van der Waals surface area contributed by atoms with Crippen molar-refractivity contribution in [2.45, 2.75) is 41.8 Å². The molecule has 1 aliphatic heterocycles. The number of sulfone groups is 1. The van der Waals surface area contributed by atoms with Gasteiger partial charge in [-0.05, 0) is 12.1 Å². The van der Waals surface area contributed by atoms with Gasteiger partial charge < -0.3 is 9.84 Å². The molecule has 1 aliphatic carbocycles. The van der Waals surface area contributed by atoms with Crippen molar-refractivity contribution in [3.05, 3.63) is 30.3 Å². The zero-order chi connectivity index (χ0) is 12.9. The van der Waals surface area contributed by atoms with E-state index in [1.807, 2.05) is 0 Å². The van der Waals surface area contributed by atoms with Crippen LogP contribution in [0.2, 0.25) is 0 Å². The van der Waals surface area contributed by atoms with Crippen LogP contribution < -0.4 is 0 Å². The van der Waals surface area contributed by atoms with Crippen LogP contribution >= 0.6 is 0 Å². The number of fused-ring (bicyclic) bond motifs is 1. The maximum atomic E-state index is 12.6. The number of rotatable bonds is 2. The SMILES string of the molecule is C[C@@H]1[C@@H](S(=O)(=O)c2ccccc2)[C@@H]2O[C@@H]2C[C@@H]1O. The topological polar surface area (TPSA) is 66.9 Å². The molecule has 0 amide bonds. The summed E-state index contributed by atoms with van der Waals surface area (Å²) in [4.78, 5) is 0.310. The lowest BCUT2D eigenvalue weighted by Gasteiger charge is -2.29. The van der Waals surface area contributed by atoms with Crippen molar-refractivity contribution in [1.29, 1.82) is 0 Å². The normalized spacial score (nSPS) is 39.1. The second kappa shape index (κ2) is 4.05. The van der Waals surface area contributed by atoms with E-state index >= 15 is 0 Å². The van der Waals surface area contributed by atoms with Gasteiger partial charge in [0.1, 0.15) is 6.10 Å². The summed E-state index contributed by atoms with van der Waals surface area (Å²) in [6, 6.07) is 8.40. The highest BCUT2D eigenvalue weighted by Gasteiger charge is 2.58. The molecule has 1 N–H and O–H groups in total. The molecule has 2 fully saturated rings. The molecule has 1 heterocycles. The number of epoxide rings is 1. The van der Waals surface area contributed by atoms with E-state index in [2.05, 4.69) is 0 Å². The Kier molecular flexibility index (Phi) is 2.73. The van der Waals surface area contributed by atoms with Gasteiger partial charge >= 0.3 is 0 Å². The van der Waals surface area contributed by atoms with Crippen LogP contribution in [0.15, 0.2) is 35.2 Å². The van der Waals surface area contributed by atoms with Gasteiger partial charge in [-0.2, -0.15) is 0 Å². The molecule has 1 saturated carbocycles. The highest BCUT2D eigenvalue weighted by Crippen LogP contribution is 2.44. The van der Waals surface area contributed by atoms with Gasteiger partial charge in [0.25, 0.3) is 0 Å². The standard InChI is InChI=1S/C13H16O4S/c1-8-10(14)7-11-12(17-11)13(8)18(15,16)9-5-3-2-4-6-9/h2-6,8,10-14H,7H2,1H3/t8-,10-,11+,12+,13+/m0/s1. The lowest BCUT2D eigenvalue weighted by Crippen LogP contribution is -2.44. The van der Waals surface area contributed by atoms with Gasteiger partial charge in [-0.1, -0.05) is 25.1 Å². The first-order chi connectivity index (χ1) is 8.51. The first-order valence-electron chi connectivity index (χ1n) is 6.14. The molecule has 0 radical (unpaired) electrons. The number of hydrogen-bond acceptors (Lipinski definition) is 4. The molecule has 0 aromatic heterocycles. The van der Waals surface area contributed by atoms with Crippen LogP contribution in [0.1, 0.15) is 13.3 Å². The van der Waals surface area contributed by atoms with Crippen molar-refractivity contribution in [2.75, 3.05) is 0 Å². The van der Waals surface area contributed by atoms with E-state index in [9.17, 15) is 13.5 Å². The molecule has 2 aliphatic rings. The van der Waals surface area contributed by atoms with E-state index in [1.165, 1.54) is 0 Å². The highest BCUT2D eigenvalue weighted by molar-refractivity contribution is 7.92. The van der Waals surface area contributed by atoms with E-state index in [4.69, 9.17) is 4.74 Å². The third kappa shape index (κ3) is 1.77. The van der Waals surface area contributed by atoms with Crippen molar-refractivity contribution in [2.24, 2.45) is 5.92 Å². The van der Waals surface area contributed by atoms with E-state index in [1.54, 1.807) is 37.3 Å². The van der Waals surface area contributed by atoms with Gasteiger partial charge in [0.05, 0.1) is 22.4 Å². The second-order valence-electron chi connectivity index (χ2n) is 5.12. The molecule has 5 heteroatoms. The molecule has 3 rings (SSSR count). The summed E-state index contributed by atoms with van der Waals surface area (Å²) in [5, 5.41) is 9.28. The third-order valence-corrected chi connectivity index (χ3v) is 6.32. The quantitative estimate of drug-likeness (QED) is 0.812. The monoisotopic (exact) mass is 268 g/mol. The molecule has 18 heavy (non-hydrogen) atoms. The average molecular weight is 268 g/mol. The Morgan fingerprint density at radius 2 is 1.94 bits per heavy atom. The lowest BCUT2D eigenvalue weighted by atomic mass is 9.87. The first-order valence-corrected chi connectivity index (χ1v) is 7.69. The highest BCUT2D eigenvalue weighted by atomic mass is 32.2. The predicted molar refractivity (Wildman–Crippen MR) is 65.9 cm³/mol. The van der Waals surface area contributed by atoms with Crippen molar-refractivity contribution in [1.82, 2.24) is 0 Å². The average Bonchev–Trinajstić information content (AvgIpc) is 3.09. The van der Waals surface area contributed by atoms with Crippen LogP contribution in [0.5, 0.6) is 0 Å². The maximum absolute atomic E-state index is 12.6. The molecule has 1 saturated heterocycles. The van der Waals surface area contributed by atoms with Crippen molar-refractivity contribution in [3.63, 3.8) is 0 Å². The summed E-state index contributed by atoms with van der Waals surface area (Å²) in [5.41, 5.74) is 0. The van der Waals surface area contributed by atoms with E-state index < -0.39 is 21.2 Å². The molecule has 4 nitrogen and oxygen atoms in total. The second-order valence-corrected chi connectivity index (χ2v) is 7.23. The lowest BCUT2D eigenvalue weighted by molar-refractivity contribution is 0.0915. The van der Waals surface area contributed by atoms with Crippen LogP contribution in [0, 0.1) is 5.92 Å². The summed E-state index contributed by atoms with van der Waals surface area (Å²) >= 11 is 0. The number of aliphatic hydroxyl groups is 1. The predicted octanol–water partition coefficient (Wildman–Crippen LogP) is 0.997. The summed E-state index contributed by atoms with van der Waals surface area (Å²) in [6.07, 6.45) is -0.377. The number of benzene rings is 1. The summed E-state index contributed by atoms with van der Waals surface area (Å²) in [7, 11) is -3.44. The molecular formula is C13H16O4S. The minimum Gasteiger partial charge on any atom is -0.393 e. The number of ether oxygens (including phenoxy) is 1. The number of aliphatic hydroxyl groups excluding tert-OH is 1. The Labute approximate surface area is 107 Å². The fourth-order valence-electron chi connectivity index (χ4n) is 2.83.